The molecule has 3 aromatic rings. The fraction of sp³-hybridized carbons (Fsp3) is 0.0769. The van der Waals surface area contributed by atoms with Gasteiger partial charge in [-0.15, -0.1) is 0 Å². The van der Waals surface area contributed by atoms with Crippen molar-refractivity contribution in [1.82, 2.24) is 9.97 Å². The van der Waals surface area contributed by atoms with E-state index in [1.165, 1.54) is 16.3 Å². The van der Waals surface area contributed by atoms with E-state index in [0.29, 0.717) is 0 Å². The molecule has 1 heterocycles. The first kappa shape index (κ1) is 9.73. The van der Waals surface area contributed by atoms with Gasteiger partial charge in [0.25, 0.3) is 0 Å². The molecule has 0 fully saturated rings. The molecule has 3 heteroatoms. The van der Waals surface area contributed by atoms with Gasteiger partial charge in [0.2, 0.25) is 0 Å². The lowest BCUT2D eigenvalue weighted by Gasteiger charge is -2.04. The van der Waals surface area contributed by atoms with Crippen LogP contribution in [0.25, 0.3) is 21.7 Å². The van der Waals surface area contributed by atoms with E-state index >= 15 is 0 Å². The fourth-order valence-corrected chi connectivity index (χ4v) is 2.26. The first-order valence-corrected chi connectivity index (χ1v) is 6.18. The third-order valence-corrected chi connectivity index (χ3v) is 3.37. The third-order valence-electron chi connectivity index (χ3n) is 2.73. The Bertz CT molecular complexity index is 664. The van der Waals surface area contributed by atoms with Crippen LogP contribution in [0.1, 0.15) is 5.56 Å². The molecule has 16 heavy (non-hydrogen) atoms. The first-order valence-electron chi connectivity index (χ1n) is 5.06. The Hall–Kier alpha value is -1.48. The zero-order chi connectivity index (χ0) is 11.0. The van der Waals surface area contributed by atoms with Crippen molar-refractivity contribution >= 4 is 37.6 Å². The van der Waals surface area contributed by atoms with Crippen LogP contribution in [0.2, 0.25) is 0 Å². The van der Waals surface area contributed by atoms with Gasteiger partial charge in [-0.05, 0) is 28.5 Å². The molecule has 0 saturated heterocycles. The molecule has 1 aromatic heterocycles. The van der Waals surface area contributed by atoms with Crippen molar-refractivity contribution in [2.24, 2.45) is 0 Å². The second-order valence-electron chi connectivity index (χ2n) is 3.71. The summed E-state index contributed by atoms with van der Waals surface area (Å²) in [7, 11) is 0. The highest BCUT2D eigenvalue weighted by Crippen LogP contribution is 2.25. The average Bonchev–Trinajstić information content (AvgIpc) is 2.38. The van der Waals surface area contributed by atoms with Crippen LogP contribution in [0.5, 0.6) is 0 Å². The molecule has 0 unspecified atom stereocenters. The van der Waals surface area contributed by atoms with Crippen LogP contribution >= 0.6 is 15.9 Å². The molecule has 0 atom stereocenters. The maximum Gasteiger partial charge on any atom is 0.116 e. The molecule has 0 amide bonds. The zero-order valence-corrected chi connectivity index (χ0v) is 10.1. The Morgan fingerprint density at radius 3 is 2.81 bits per heavy atom. The number of hydrogen-bond acceptors (Lipinski definition) is 2. The van der Waals surface area contributed by atoms with Gasteiger partial charge < -0.3 is 0 Å². The minimum absolute atomic E-state index is 0.868. The average molecular weight is 273 g/mol. The van der Waals surface area contributed by atoms with Gasteiger partial charge >= 0.3 is 0 Å². The maximum absolute atomic E-state index is 4.26. The summed E-state index contributed by atoms with van der Waals surface area (Å²) in [5.41, 5.74) is 2.26. The largest absolute Gasteiger partial charge is 0.244 e. The van der Waals surface area contributed by atoms with Crippen molar-refractivity contribution in [3.8, 4) is 0 Å². The van der Waals surface area contributed by atoms with Crippen molar-refractivity contribution in [1.29, 1.82) is 0 Å². The van der Waals surface area contributed by atoms with Gasteiger partial charge in [0.05, 0.1) is 5.52 Å². The van der Waals surface area contributed by atoms with Crippen LogP contribution in [-0.4, -0.2) is 9.97 Å². The summed E-state index contributed by atoms with van der Waals surface area (Å²) in [6.07, 6.45) is 3.46. The number of fused-ring (bicyclic) bond motifs is 3. The normalized spacial score (nSPS) is 11.1. The van der Waals surface area contributed by atoms with Crippen LogP contribution in [0.3, 0.4) is 0 Å². The number of benzene rings is 2. The van der Waals surface area contributed by atoms with E-state index in [-0.39, 0.29) is 0 Å². The lowest BCUT2D eigenvalue weighted by molar-refractivity contribution is 1.23. The summed E-state index contributed by atoms with van der Waals surface area (Å²) in [6, 6.07) is 10.6. The Labute approximate surface area is 101 Å². The second kappa shape index (κ2) is 3.83. The van der Waals surface area contributed by atoms with Crippen LogP contribution in [0.15, 0.2) is 42.9 Å². The molecule has 0 radical (unpaired) electrons. The third kappa shape index (κ3) is 1.48. The Balaban J connectivity index is 2.47. The first-order chi connectivity index (χ1) is 7.88. The van der Waals surface area contributed by atoms with E-state index in [0.717, 1.165) is 16.2 Å². The molecule has 0 aliphatic rings. The molecule has 0 bridgehead atoms. The van der Waals surface area contributed by atoms with Crippen LogP contribution in [0, 0.1) is 0 Å². The van der Waals surface area contributed by atoms with Crippen LogP contribution in [0.4, 0.5) is 0 Å². The molecular formula is C13H9BrN2. The predicted octanol–water partition coefficient (Wildman–Crippen LogP) is 3.68. The zero-order valence-electron chi connectivity index (χ0n) is 8.52. The molecule has 78 valence electrons. The maximum atomic E-state index is 4.26. The molecular weight excluding hydrogens is 264 g/mol. The van der Waals surface area contributed by atoms with Gasteiger partial charge in [0.1, 0.15) is 6.33 Å². The Morgan fingerprint density at radius 2 is 1.94 bits per heavy atom. The highest BCUT2D eigenvalue weighted by Gasteiger charge is 2.02. The molecule has 2 nitrogen and oxygen atoms in total. The minimum atomic E-state index is 0.868. The molecule has 0 N–H and O–H groups in total. The number of hydrogen-bond donors (Lipinski definition) is 0. The van der Waals surface area contributed by atoms with Crippen molar-refractivity contribution in [3.05, 3.63) is 48.4 Å². The van der Waals surface area contributed by atoms with Crippen molar-refractivity contribution < 1.29 is 0 Å². The SMILES string of the molecule is BrCc1ccc2ccc3ncncc3c2c1. The smallest absolute Gasteiger partial charge is 0.116 e. The van der Waals surface area contributed by atoms with Crippen LogP contribution < -0.4 is 0 Å². The van der Waals surface area contributed by atoms with Gasteiger partial charge in [0.15, 0.2) is 0 Å². The molecule has 0 spiro atoms. The van der Waals surface area contributed by atoms with Crippen molar-refractivity contribution in [2.45, 2.75) is 5.33 Å². The lowest BCUT2D eigenvalue weighted by Crippen LogP contribution is -1.84. The number of aromatic nitrogens is 2. The van der Waals surface area contributed by atoms with E-state index in [1.807, 2.05) is 12.3 Å². The Morgan fingerprint density at radius 1 is 1.06 bits per heavy atom. The number of rotatable bonds is 1. The van der Waals surface area contributed by atoms with Gasteiger partial charge in [0, 0.05) is 16.9 Å². The monoisotopic (exact) mass is 272 g/mol. The Kier molecular flexibility index (Phi) is 2.33. The van der Waals surface area contributed by atoms with Gasteiger partial charge in [-0.3, -0.25) is 0 Å². The summed E-state index contributed by atoms with van der Waals surface area (Å²) in [6.45, 7) is 0. The number of halogens is 1. The topological polar surface area (TPSA) is 25.8 Å². The molecule has 3 rings (SSSR count). The number of nitrogens with zero attached hydrogens (tertiary/aromatic N) is 2. The number of alkyl halides is 1. The standard InChI is InChI=1S/C13H9BrN2/c14-6-9-1-2-10-3-4-13-12(11(10)5-9)7-15-8-16-13/h1-5,7-8H,6H2. The van der Waals surface area contributed by atoms with E-state index < -0.39 is 0 Å². The van der Waals surface area contributed by atoms with E-state index in [4.69, 9.17) is 0 Å². The summed E-state index contributed by atoms with van der Waals surface area (Å²) >= 11 is 3.48. The van der Waals surface area contributed by atoms with E-state index in [2.05, 4.69) is 50.2 Å². The summed E-state index contributed by atoms with van der Waals surface area (Å²) in [5, 5.41) is 4.43. The van der Waals surface area contributed by atoms with E-state index in [1.54, 1.807) is 6.33 Å². The van der Waals surface area contributed by atoms with Crippen molar-refractivity contribution in [2.75, 3.05) is 0 Å². The summed E-state index contributed by atoms with van der Waals surface area (Å²) in [5.74, 6) is 0. The fourth-order valence-electron chi connectivity index (χ4n) is 1.91. The van der Waals surface area contributed by atoms with Gasteiger partial charge in [-0.2, -0.15) is 0 Å². The van der Waals surface area contributed by atoms with Gasteiger partial charge in [-0.25, -0.2) is 9.97 Å². The second-order valence-corrected chi connectivity index (χ2v) is 4.27. The quantitative estimate of drug-likeness (QED) is 0.499. The molecule has 2 aromatic carbocycles. The van der Waals surface area contributed by atoms with Gasteiger partial charge in [-0.1, -0.05) is 34.1 Å². The van der Waals surface area contributed by atoms with Crippen molar-refractivity contribution in [3.63, 3.8) is 0 Å². The minimum Gasteiger partial charge on any atom is -0.244 e. The highest BCUT2D eigenvalue weighted by molar-refractivity contribution is 9.08. The lowest BCUT2D eigenvalue weighted by atomic mass is 10.0. The molecule has 0 aliphatic carbocycles. The highest BCUT2D eigenvalue weighted by atomic mass is 79.9. The summed E-state index contributed by atoms with van der Waals surface area (Å²) in [4.78, 5) is 8.36. The predicted molar refractivity (Wildman–Crippen MR) is 69.7 cm³/mol. The molecule has 0 saturated carbocycles. The summed E-state index contributed by atoms with van der Waals surface area (Å²) < 4.78 is 0. The van der Waals surface area contributed by atoms with Crippen LogP contribution in [-0.2, 0) is 5.33 Å². The molecule has 0 aliphatic heterocycles. The van der Waals surface area contributed by atoms with E-state index in [9.17, 15) is 0 Å².